The zero-order chi connectivity index (χ0) is 14.8. The first kappa shape index (κ1) is 16.4. The summed E-state index contributed by atoms with van der Waals surface area (Å²) in [5.74, 6) is -0.146. The molecule has 0 aromatic heterocycles. The van der Waals surface area contributed by atoms with Gasteiger partial charge < -0.3 is 10.4 Å². The van der Waals surface area contributed by atoms with Gasteiger partial charge in [0.1, 0.15) is 0 Å². The highest BCUT2D eigenvalue weighted by Gasteiger charge is 2.08. The third-order valence-corrected chi connectivity index (χ3v) is 3.08. The van der Waals surface area contributed by atoms with E-state index < -0.39 is 0 Å². The molecule has 0 aliphatic rings. The van der Waals surface area contributed by atoms with Gasteiger partial charge in [-0.1, -0.05) is 44.1 Å². The van der Waals surface area contributed by atoms with Gasteiger partial charge in [0, 0.05) is 11.6 Å². The average molecular weight is 275 g/mol. The highest BCUT2D eigenvalue weighted by atomic mass is 16.3. The lowest BCUT2D eigenvalue weighted by Gasteiger charge is -2.10. The highest BCUT2D eigenvalue weighted by molar-refractivity contribution is 5.94. The number of unbranched alkanes of at least 4 members (excludes halogenated alkanes) is 3. The fraction of sp³-hybridized carbons (Fsp3) is 0.471. The molecule has 0 radical (unpaired) electrons. The van der Waals surface area contributed by atoms with E-state index in [2.05, 4.69) is 24.4 Å². The van der Waals surface area contributed by atoms with Crippen LogP contribution >= 0.6 is 0 Å². The normalized spacial score (nSPS) is 12.6. The minimum Gasteiger partial charge on any atom is -0.394 e. The molecular weight excluding hydrogens is 250 g/mol. The number of aliphatic hydroxyl groups excluding tert-OH is 1. The summed E-state index contributed by atoms with van der Waals surface area (Å²) >= 11 is 0. The van der Waals surface area contributed by atoms with E-state index in [1.807, 2.05) is 18.2 Å². The van der Waals surface area contributed by atoms with Crippen LogP contribution in [0.2, 0.25) is 0 Å². The van der Waals surface area contributed by atoms with Crippen LogP contribution in [-0.4, -0.2) is 23.7 Å². The van der Waals surface area contributed by atoms with E-state index in [9.17, 15) is 4.79 Å². The van der Waals surface area contributed by atoms with Gasteiger partial charge in [0.15, 0.2) is 0 Å². The number of aliphatic hydroxyl groups is 1. The first-order valence-electron chi connectivity index (χ1n) is 7.35. The third kappa shape index (κ3) is 6.02. The molecule has 0 saturated heterocycles. The number of amides is 1. The van der Waals surface area contributed by atoms with Gasteiger partial charge in [-0.25, -0.2) is 0 Å². The van der Waals surface area contributed by atoms with Crippen molar-refractivity contribution >= 4 is 12.0 Å². The van der Waals surface area contributed by atoms with Crippen LogP contribution < -0.4 is 5.32 Å². The lowest BCUT2D eigenvalue weighted by atomic mass is 10.1. The van der Waals surface area contributed by atoms with Gasteiger partial charge in [0.25, 0.3) is 5.91 Å². The summed E-state index contributed by atoms with van der Waals surface area (Å²) in [6, 6.07) is 7.30. The summed E-state index contributed by atoms with van der Waals surface area (Å²) in [5, 5.41) is 11.7. The Morgan fingerprint density at radius 2 is 2.20 bits per heavy atom. The minimum atomic E-state index is -0.226. The Hall–Kier alpha value is -1.61. The molecule has 1 unspecified atom stereocenters. The minimum absolute atomic E-state index is 0.0528. The molecule has 20 heavy (non-hydrogen) atoms. The zero-order valence-corrected chi connectivity index (χ0v) is 12.4. The molecule has 1 atom stereocenters. The number of rotatable bonds is 8. The maximum Gasteiger partial charge on any atom is 0.251 e. The van der Waals surface area contributed by atoms with Crippen LogP contribution in [0.3, 0.4) is 0 Å². The number of carbonyl (C=O) groups is 1. The van der Waals surface area contributed by atoms with Crippen LogP contribution in [-0.2, 0) is 0 Å². The van der Waals surface area contributed by atoms with Gasteiger partial charge in [-0.3, -0.25) is 4.79 Å². The van der Waals surface area contributed by atoms with Crippen LogP contribution in [0, 0.1) is 0 Å². The summed E-state index contributed by atoms with van der Waals surface area (Å²) in [4.78, 5) is 11.9. The molecule has 110 valence electrons. The van der Waals surface area contributed by atoms with Crippen molar-refractivity contribution in [2.75, 3.05) is 6.61 Å². The van der Waals surface area contributed by atoms with Gasteiger partial charge in [0.2, 0.25) is 0 Å². The van der Waals surface area contributed by atoms with E-state index in [0.717, 1.165) is 12.0 Å². The third-order valence-electron chi connectivity index (χ3n) is 3.08. The Morgan fingerprint density at radius 3 is 2.90 bits per heavy atom. The second-order valence-electron chi connectivity index (χ2n) is 5.08. The van der Waals surface area contributed by atoms with Crippen LogP contribution in [0.15, 0.2) is 30.3 Å². The molecule has 0 bridgehead atoms. The number of nitrogens with one attached hydrogen (secondary N) is 1. The van der Waals surface area contributed by atoms with Crippen molar-refractivity contribution in [3.63, 3.8) is 0 Å². The highest BCUT2D eigenvalue weighted by Crippen LogP contribution is 2.09. The molecule has 0 spiro atoms. The van der Waals surface area contributed by atoms with E-state index in [0.29, 0.717) is 5.56 Å². The topological polar surface area (TPSA) is 49.3 Å². The Balaban J connectivity index is 2.59. The fourth-order valence-corrected chi connectivity index (χ4v) is 1.87. The fourth-order valence-electron chi connectivity index (χ4n) is 1.87. The van der Waals surface area contributed by atoms with Crippen molar-refractivity contribution in [3.8, 4) is 0 Å². The standard InChI is InChI=1S/C17H25NO2/c1-3-4-5-6-7-9-15-10-8-11-16(12-15)17(20)18-14(2)13-19/h7-12,14,19H,3-6,13H2,1-2H3,(H,18,20)/b9-7-. The van der Waals surface area contributed by atoms with Crippen LogP contribution in [0.1, 0.15) is 55.5 Å². The molecule has 3 heteroatoms. The number of hydrogen-bond donors (Lipinski definition) is 2. The molecular formula is C17H25NO2. The van der Waals surface area contributed by atoms with Crippen LogP contribution in [0.4, 0.5) is 0 Å². The van der Waals surface area contributed by atoms with Gasteiger partial charge in [0.05, 0.1) is 6.61 Å². The monoisotopic (exact) mass is 275 g/mol. The number of benzene rings is 1. The van der Waals surface area contributed by atoms with Crippen molar-refractivity contribution in [1.29, 1.82) is 0 Å². The first-order valence-corrected chi connectivity index (χ1v) is 7.35. The van der Waals surface area contributed by atoms with Gasteiger partial charge in [-0.05, 0) is 37.5 Å². The van der Waals surface area contributed by atoms with E-state index in [4.69, 9.17) is 5.11 Å². The van der Waals surface area contributed by atoms with Crippen LogP contribution in [0.25, 0.3) is 6.08 Å². The first-order chi connectivity index (χ1) is 9.67. The summed E-state index contributed by atoms with van der Waals surface area (Å²) < 4.78 is 0. The summed E-state index contributed by atoms with van der Waals surface area (Å²) in [5.41, 5.74) is 1.66. The maximum absolute atomic E-state index is 11.9. The number of hydrogen-bond acceptors (Lipinski definition) is 2. The molecule has 3 nitrogen and oxygen atoms in total. The molecule has 0 saturated carbocycles. The quantitative estimate of drug-likeness (QED) is 0.714. The molecule has 0 heterocycles. The Morgan fingerprint density at radius 1 is 1.40 bits per heavy atom. The molecule has 1 aromatic rings. The lowest BCUT2D eigenvalue weighted by molar-refractivity contribution is 0.0922. The van der Waals surface area contributed by atoms with Gasteiger partial charge in [-0.15, -0.1) is 0 Å². The smallest absolute Gasteiger partial charge is 0.251 e. The van der Waals surface area contributed by atoms with E-state index in [-0.39, 0.29) is 18.6 Å². The molecule has 1 rings (SSSR count). The maximum atomic E-state index is 11.9. The van der Waals surface area contributed by atoms with E-state index in [1.54, 1.807) is 13.0 Å². The predicted molar refractivity (Wildman–Crippen MR) is 83.6 cm³/mol. The predicted octanol–water partition coefficient (Wildman–Crippen LogP) is 3.39. The Bertz CT molecular complexity index is 440. The largest absolute Gasteiger partial charge is 0.394 e. The summed E-state index contributed by atoms with van der Waals surface area (Å²) in [6.45, 7) is 3.91. The van der Waals surface area contributed by atoms with Gasteiger partial charge in [-0.2, -0.15) is 0 Å². The van der Waals surface area contributed by atoms with Crippen molar-refractivity contribution in [2.24, 2.45) is 0 Å². The molecule has 0 aliphatic carbocycles. The Labute approximate surface area is 121 Å². The second-order valence-corrected chi connectivity index (χ2v) is 5.08. The van der Waals surface area contributed by atoms with Crippen molar-refractivity contribution in [2.45, 2.75) is 45.6 Å². The summed E-state index contributed by atoms with van der Waals surface area (Å²) in [7, 11) is 0. The molecule has 1 aromatic carbocycles. The van der Waals surface area contributed by atoms with Gasteiger partial charge >= 0.3 is 0 Å². The average Bonchev–Trinajstić information content (AvgIpc) is 2.47. The lowest BCUT2D eigenvalue weighted by Crippen LogP contribution is -2.34. The van der Waals surface area contributed by atoms with Crippen LogP contribution in [0.5, 0.6) is 0 Å². The van der Waals surface area contributed by atoms with E-state index >= 15 is 0 Å². The molecule has 0 fully saturated rings. The SMILES string of the molecule is CCCCC/C=C\c1cccc(C(=O)NC(C)CO)c1. The Kier molecular flexibility index (Phi) is 7.66. The zero-order valence-electron chi connectivity index (χ0n) is 12.4. The van der Waals surface area contributed by atoms with Crippen molar-refractivity contribution in [3.05, 3.63) is 41.5 Å². The van der Waals surface area contributed by atoms with E-state index in [1.165, 1.54) is 19.3 Å². The van der Waals surface area contributed by atoms with Crippen molar-refractivity contribution < 1.29 is 9.90 Å². The van der Waals surface area contributed by atoms with Crippen molar-refractivity contribution in [1.82, 2.24) is 5.32 Å². The summed E-state index contributed by atoms with van der Waals surface area (Å²) in [6.07, 6.45) is 8.98. The second kappa shape index (κ2) is 9.32. The number of allylic oxidation sites excluding steroid dienone is 1. The molecule has 0 aliphatic heterocycles. The number of carbonyl (C=O) groups excluding carboxylic acids is 1. The molecule has 2 N–H and O–H groups in total. The molecule has 1 amide bonds.